The van der Waals surface area contributed by atoms with E-state index in [9.17, 15) is 0 Å². The molecule has 0 amide bonds. The third kappa shape index (κ3) is 5.57. The number of allylic oxidation sites excluding steroid dienone is 1. The normalized spacial score (nSPS) is 14.3. The van der Waals surface area contributed by atoms with Crippen molar-refractivity contribution >= 4 is 33.3 Å². The van der Waals surface area contributed by atoms with Crippen LogP contribution >= 0.6 is 33.3 Å². The first kappa shape index (κ1) is 10.8. The van der Waals surface area contributed by atoms with Crippen LogP contribution in [0.2, 0.25) is 0 Å². The summed E-state index contributed by atoms with van der Waals surface area (Å²) in [4.78, 5) is 0. The summed E-state index contributed by atoms with van der Waals surface area (Å²) in [7, 11) is 3.79. The molecule has 0 nitrogen and oxygen atoms in total. The Balaban J connectivity index is 3.39. The van der Waals surface area contributed by atoms with Crippen LogP contribution in [0.4, 0.5) is 0 Å². The van der Waals surface area contributed by atoms with Crippen LogP contribution < -0.4 is 0 Å². The molecule has 0 heterocycles. The number of rotatable bonds is 5. The Morgan fingerprint density at radius 2 is 2.20 bits per heavy atom. The quantitative estimate of drug-likeness (QED) is 0.479. The molecule has 1 atom stereocenters. The van der Waals surface area contributed by atoms with Gasteiger partial charge in [-0.25, -0.2) is 0 Å². The van der Waals surface area contributed by atoms with Crippen molar-refractivity contribution in [2.75, 3.05) is 6.26 Å². The summed E-state index contributed by atoms with van der Waals surface area (Å²) in [6.07, 6.45) is 5.46. The van der Waals surface area contributed by atoms with Crippen molar-refractivity contribution in [2.24, 2.45) is 0 Å². The lowest BCUT2D eigenvalue weighted by Gasteiger charge is -2.07. The van der Waals surface area contributed by atoms with Gasteiger partial charge in [0.25, 0.3) is 0 Å². The van der Waals surface area contributed by atoms with Crippen LogP contribution in [0.5, 0.6) is 0 Å². The summed E-state index contributed by atoms with van der Waals surface area (Å²) >= 11 is 1.91. The maximum atomic E-state index is 2.23. The summed E-state index contributed by atoms with van der Waals surface area (Å²) in [5.41, 5.74) is 0. The van der Waals surface area contributed by atoms with Crippen molar-refractivity contribution in [3.63, 3.8) is 0 Å². The number of hydrogen-bond acceptors (Lipinski definition) is 3. The van der Waals surface area contributed by atoms with Crippen LogP contribution in [0.3, 0.4) is 0 Å². The first-order valence-electron chi connectivity index (χ1n) is 3.31. The molecule has 0 aromatic rings. The molecule has 3 heteroatoms. The highest BCUT2D eigenvalue weighted by Crippen LogP contribution is 2.34. The zero-order valence-electron chi connectivity index (χ0n) is 6.66. The molecule has 0 aromatic heterocycles. The van der Waals surface area contributed by atoms with E-state index in [-0.39, 0.29) is 0 Å². The second-order valence-electron chi connectivity index (χ2n) is 1.71. The summed E-state index contributed by atoms with van der Waals surface area (Å²) in [6, 6.07) is 0. The van der Waals surface area contributed by atoms with E-state index in [1.165, 1.54) is 6.42 Å². The molecule has 0 saturated heterocycles. The van der Waals surface area contributed by atoms with Gasteiger partial charge >= 0.3 is 0 Å². The summed E-state index contributed by atoms with van der Waals surface area (Å²) in [5.74, 6) is 0. The first-order valence-corrected chi connectivity index (χ1v) is 6.87. The van der Waals surface area contributed by atoms with Gasteiger partial charge in [-0.15, -0.1) is 11.8 Å². The summed E-state index contributed by atoms with van der Waals surface area (Å²) in [6.45, 7) is 4.29. The van der Waals surface area contributed by atoms with Crippen molar-refractivity contribution in [3.8, 4) is 0 Å². The molecular formula is C7H14S3. The fraction of sp³-hybridized carbons (Fsp3) is 0.714. The van der Waals surface area contributed by atoms with Gasteiger partial charge in [0.2, 0.25) is 0 Å². The van der Waals surface area contributed by atoms with Gasteiger partial charge in [-0.1, -0.05) is 34.6 Å². The number of hydrogen-bond donors (Lipinski definition) is 0. The van der Waals surface area contributed by atoms with Crippen molar-refractivity contribution in [1.29, 1.82) is 0 Å². The topological polar surface area (TPSA) is 0 Å². The average Bonchev–Trinajstić information content (AvgIpc) is 1.98. The molecule has 0 aromatic carbocycles. The molecule has 0 aliphatic heterocycles. The van der Waals surface area contributed by atoms with Gasteiger partial charge in [-0.2, -0.15) is 0 Å². The number of thioether (sulfide) groups is 1. The van der Waals surface area contributed by atoms with E-state index in [0.717, 1.165) is 4.58 Å². The molecule has 60 valence electrons. The van der Waals surface area contributed by atoms with Crippen molar-refractivity contribution in [1.82, 2.24) is 0 Å². The lowest BCUT2D eigenvalue weighted by Crippen LogP contribution is -1.87. The largest absolute Gasteiger partial charge is 0.119 e. The van der Waals surface area contributed by atoms with Gasteiger partial charge in [0.1, 0.15) is 0 Å². The second kappa shape index (κ2) is 7.89. The highest BCUT2D eigenvalue weighted by molar-refractivity contribution is 8.78. The Morgan fingerprint density at radius 3 is 2.60 bits per heavy atom. The first-order chi connectivity index (χ1) is 4.85. The van der Waals surface area contributed by atoms with E-state index < -0.39 is 0 Å². The van der Waals surface area contributed by atoms with Crippen LogP contribution in [-0.4, -0.2) is 10.8 Å². The second-order valence-corrected chi connectivity index (χ2v) is 5.79. The Morgan fingerprint density at radius 1 is 1.50 bits per heavy atom. The molecule has 0 spiro atoms. The fourth-order valence-corrected chi connectivity index (χ4v) is 3.88. The van der Waals surface area contributed by atoms with Gasteiger partial charge in [0, 0.05) is 0 Å². The van der Waals surface area contributed by atoms with Crippen molar-refractivity contribution in [3.05, 3.63) is 11.5 Å². The van der Waals surface area contributed by atoms with E-state index in [1.54, 1.807) is 0 Å². The van der Waals surface area contributed by atoms with Crippen molar-refractivity contribution < 1.29 is 0 Å². The molecule has 10 heavy (non-hydrogen) atoms. The van der Waals surface area contributed by atoms with Crippen LogP contribution in [0.15, 0.2) is 11.5 Å². The predicted molar refractivity (Wildman–Crippen MR) is 57.6 cm³/mol. The van der Waals surface area contributed by atoms with Gasteiger partial charge in [0.15, 0.2) is 0 Å². The predicted octanol–water partition coefficient (Wildman–Crippen LogP) is 4.00. The minimum absolute atomic E-state index is 0.728. The Labute approximate surface area is 76.0 Å². The SMILES string of the molecule is CC=CSC(CC)SSC. The monoisotopic (exact) mass is 194 g/mol. The minimum Gasteiger partial charge on any atom is -0.119 e. The van der Waals surface area contributed by atoms with E-state index in [0.29, 0.717) is 0 Å². The molecule has 0 rings (SSSR count). The molecule has 0 radical (unpaired) electrons. The zero-order valence-corrected chi connectivity index (χ0v) is 9.11. The van der Waals surface area contributed by atoms with Crippen molar-refractivity contribution in [2.45, 2.75) is 24.9 Å². The van der Waals surface area contributed by atoms with Crippen LogP contribution in [-0.2, 0) is 0 Å². The maximum Gasteiger partial charge on any atom is 0.0644 e. The van der Waals surface area contributed by atoms with E-state index in [4.69, 9.17) is 0 Å². The molecule has 0 N–H and O–H groups in total. The third-order valence-electron chi connectivity index (χ3n) is 0.903. The zero-order chi connectivity index (χ0) is 7.82. The van der Waals surface area contributed by atoms with E-state index in [1.807, 2.05) is 33.3 Å². The Hall–Kier alpha value is 0.790. The van der Waals surface area contributed by atoms with E-state index in [2.05, 4.69) is 31.6 Å². The van der Waals surface area contributed by atoms with Crippen LogP contribution in [0, 0.1) is 0 Å². The smallest absolute Gasteiger partial charge is 0.0644 e. The lowest BCUT2D eigenvalue weighted by atomic mass is 10.6. The Bertz CT molecular complexity index is 90.9. The van der Waals surface area contributed by atoms with Gasteiger partial charge in [-0.3, -0.25) is 0 Å². The molecule has 0 bridgehead atoms. The molecule has 0 saturated carbocycles. The average molecular weight is 194 g/mol. The molecule has 0 aliphatic rings. The molecule has 1 unspecified atom stereocenters. The highest BCUT2D eigenvalue weighted by Gasteiger charge is 2.02. The summed E-state index contributed by atoms with van der Waals surface area (Å²) in [5, 5.41) is 2.16. The van der Waals surface area contributed by atoms with Gasteiger partial charge in [-0.05, 0) is 25.0 Å². The Kier molecular flexibility index (Phi) is 8.52. The summed E-state index contributed by atoms with van der Waals surface area (Å²) < 4.78 is 0.728. The maximum absolute atomic E-state index is 2.23. The fourth-order valence-electron chi connectivity index (χ4n) is 0.460. The standard InChI is InChI=1S/C7H14S3/c1-4-6-9-7(5-2)10-8-3/h4,6-7H,5H2,1-3H3. The van der Waals surface area contributed by atoms with Crippen LogP contribution in [0.25, 0.3) is 0 Å². The molecule has 0 aliphatic carbocycles. The molecular weight excluding hydrogens is 180 g/mol. The highest BCUT2D eigenvalue weighted by atomic mass is 33.1. The molecule has 0 fully saturated rings. The lowest BCUT2D eigenvalue weighted by molar-refractivity contribution is 1.06. The minimum atomic E-state index is 0.728. The van der Waals surface area contributed by atoms with Gasteiger partial charge in [0.05, 0.1) is 4.58 Å². The van der Waals surface area contributed by atoms with E-state index >= 15 is 0 Å². The van der Waals surface area contributed by atoms with Crippen LogP contribution in [0.1, 0.15) is 20.3 Å². The third-order valence-corrected chi connectivity index (χ3v) is 4.97. The van der Waals surface area contributed by atoms with Gasteiger partial charge < -0.3 is 0 Å².